The summed E-state index contributed by atoms with van der Waals surface area (Å²) in [6.07, 6.45) is -2.94. The lowest BCUT2D eigenvalue weighted by atomic mass is 10.0. The fraction of sp³-hybridized carbons (Fsp3) is 0.381. The lowest BCUT2D eigenvalue weighted by molar-refractivity contribution is -0.137. The first kappa shape index (κ1) is 20.2. The molecule has 1 unspecified atom stereocenters. The molecule has 0 bridgehead atoms. The quantitative estimate of drug-likeness (QED) is 0.833. The zero-order valence-electron chi connectivity index (χ0n) is 15.6. The molecule has 0 radical (unpaired) electrons. The first-order chi connectivity index (χ1) is 13.4. The summed E-state index contributed by atoms with van der Waals surface area (Å²) >= 11 is 0. The van der Waals surface area contributed by atoms with Gasteiger partial charge in [0.25, 0.3) is 5.91 Å². The smallest absolute Gasteiger partial charge is 0.417 e. The third-order valence-electron chi connectivity index (χ3n) is 4.86. The Morgan fingerprint density at radius 3 is 2.75 bits per heavy atom. The van der Waals surface area contributed by atoms with Gasteiger partial charge in [-0.25, -0.2) is 0 Å². The number of ether oxygens (including phenoxy) is 1. The number of benzene rings is 2. The standard InChI is InChI=1S/C21H23F3N2O2/c1-28-17-8-4-6-15(12-17)13-26-11-5-7-16(14-26)25-20(27)18-9-2-3-10-19(18)21(22,23)24/h2-4,6,8-10,12,16H,5,7,11,13-14H2,1H3,(H,25,27). The minimum absolute atomic E-state index is 0.187. The third-order valence-corrected chi connectivity index (χ3v) is 4.86. The summed E-state index contributed by atoms with van der Waals surface area (Å²) in [6.45, 7) is 2.17. The van der Waals surface area contributed by atoms with Crippen molar-refractivity contribution < 1.29 is 22.7 Å². The Kier molecular flexibility index (Phi) is 6.24. The van der Waals surface area contributed by atoms with Crippen molar-refractivity contribution in [1.82, 2.24) is 10.2 Å². The maximum Gasteiger partial charge on any atom is 0.417 e. The topological polar surface area (TPSA) is 41.6 Å². The molecule has 1 aliphatic rings. The van der Waals surface area contributed by atoms with Gasteiger partial charge in [0, 0.05) is 19.1 Å². The van der Waals surface area contributed by atoms with Crippen molar-refractivity contribution in [3.63, 3.8) is 0 Å². The maximum absolute atomic E-state index is 13.2. The first-order valence-electron chi connectivity index (χ1n) is 9.19. The van der Waals surface area contributed by atoms with Gasteiger partial charge in [-0.15, -0.1) is 0 Å². The Hall–Kier alpha value is -2.54. The molecule has 0 saturated carbocycles. The molecule has 1 atom stereocenters. The molecule has 1 heterocycles. The molecule has 150 valence electrons. The van der Waals surface area contributed by atoms with Crippen molar-refractivity contribution in [3.05, 3.63) is 65.2 Å². The largest absolute Gasteiger partial charge is 0.497 e. The highest BCUT2D eigenvalue weighted by Crippen LogP contribution is 2.32. The van der Waals surface area contributed by atoms with Crippen LogP contribution in [0.2, 0.25) is 0 Å². The van der Waals surface area contributed by atoms with Crippen LogP contribution in [0.4, 0.5) is 13.2 Å². The molecule has 1 N–H and O–H groups in total. The first-order valence-corrected chi connectivity index (χ1v) is 9.19. The summed E-state index contributed by atoms with van der Waals surface area (Å²) in [7, 11) is 1.62. The Labute approximate surface area is 162 Å². The summed E-state index contributed by atoms with van der Waals surface area (Å²) in [4.78, 5) is 14.7. The van der Waals surface area contributed by atoms with Gasteiger partial charge in [-0.05, 0) is 49.2 Å². The van der Waals surface area contributed by atoms with Crippen molar-refractivity contribution in [1.29, 1.82) is 0 Å². The molecule has 4 nitrogen and oxygen atoms in total. The second-order valence-corrected chi connectivity index (χ2v) is 6.94. The Morgan fingerprint density at radius 2 is 2.00 bits per heavy atom. The third kappa shape index (κ3) is 5.04. The number of rotatable bonds is 5. The Balaban J connectivity index is 1.64. The van der Waals surface area contributed by atoms with Crippen LogP contribution in [0.5, 0.6) is 5.75 Å². The molecule has 1 fully saturated rings. The summed E-state index contributed by atoms with van der Waals surface area (Å²) in [6, 6.07) is 12.5. The molecule has 28 heavy (non-hydrogen) atoms. The average Bonchev–Trinajstić information content (AvgIpc) is 2.68. The predicted octanol–water partition coefficient (Wildman–Crippen LogP) is 4.11. The highest BCUT2D eigenvalue weighted by atomic mass is 19.4. The monoisotopic (exact) mass is 392 g/mol. The molecule has 1 amide bonds. The number of piperidine rings is 1. The molecule has 0 spiro atoms. The molecule has 0 aromatic heterocycles. The fourth-order valence-electron chi connectivity index (χ4n) is 3.54. The van der Waals surface area contributed by atoms with E-state index in [-0.39, 0.29) is 11.6 Å². The zero-order valence-corrected chi connectivity index (χ0v) is 15.6. The van der Waals surface area contributed by atoms with Gasteiger partial charge in [-0.1, -0.05) is 24.3 Å². The van der Waals surface area contributed by atoms with Gasteiger partial charge in [0.05, 0.1) is 18.2 Å². The van der Waals surface area contributed by atoms with E-state index in [4.69, 9.17) is 4.74 Å². The zero-order chi connectivity index (χ0) is 20.1. The fourth-order valence-corrected chi connectivity index (χ4v) is 3.54. The van der Waals surface area contributed by atoms with Crippen molar-refractivity contribution in [2.24, 2.45) is 0 Å². The second kappa shape index (κ2) is 8.65. The Morgan fingerprint density at radius 1 is 1.21 bits per heavy atom. The summed E-state index contributed by atoms with van der Waals surface area (Å²) in [5.74, 6) is 0.101. The minimum Gasteiger partial charge on any atom is -0.497 e. The molecule has 2 aromatic rings. The number of carbonyl (C=O) groups is 1. The number of likely N-dealkylation sites (tertiary alicyclic amines) is 1. The summed E-state index contributed by atoms with van der Waals surface area (Å²) in [5.41, 5.74) is -0.148. The van der Waals surface area contributed by atoms with Gasteiger partial charge in [-0.3, -0.25) is 9.69 Å². The van der Waals surface area contributed by atoms with E-state index >= 15 is 0 Å². The van der Waals surface area contributed by atoms with Gasteiger partial charge in [0.1, 0.15) is 5.75 Å². The number of halogens is 3. The lowest BCUT2D eigenvalue weighted by Gasteiger charge is -2.33. The van der Waals surface area contributed by atoms with Gasteiger partial charge >= 0.3 is 6.18 Å². The van der Waals surface area contributed by atoms with Gasteiger partial charge in [0.15, 0.2) is 0 Å². The van der Waals surface area contributed by atoms with Crippen molar-refractivity contribution in [2.45, 2.75) is 31.6 Å². The van der Waals surface area contributed by atoms with Crippen LogP contribution >= 0.6 is 0 Å². The molecule has 0 aliphatic carbocycles. The van der Waals surface area contributed by atoms with Crippen LogP contribution in [-0.4, -0.2) is 37.0 Å². The number of carbonyl (C=O) groups excluding carboxylic acids is 1. The minimum atomic E-state index is -4.56. The van der Waals surface area contributed by atoms with Crippen LogP contribution in [0.25, 0.3) is 0 Å². The van der Waals surface area contributed by atoms with Crippen LogP contribution in [-0.2, 0) is 12.7 Å². The van der Waals surface area contributed by atoms with E-state index in [2.05, 4.69) is 10.2 Å². The Bertz CT molecular complexity index is 823. The van der Waals surface area contributed by atoms with Crippen LogP contribution in [0.1, 0.15) is 34.3 Å². The van der Waals surface area contributed by atoms with Gasteiger partial charge in [-0.2, -0.15) is 13.2 Å². The van der Waals surface area contributed by atoms with E-state index in [0.717, 1.165) is 36.8 Å². The number of amides is 1. The van der Waals surface area contributed by atoms with Crippen LogP contribution in [0.15, 0.2) is 48.5 Å². The molecular weight excluding hydrogens is 369 g/mol. The lowest BCUT2D eigenvalue weighted by Crippen LogP contribution is -2.47. The van der Waals surface area contributed by atoms with Gasteiger partial charge in [0.2, 0.25) is 0 Å². The highest BCUT2D eigenvalue weighted by Gasteiger charge is 2.35. The number of methoxy groups -OCH3 is 1. The number of hydrogen-bond acceptors (Lipinski definition) is 3. The molecule has 7 heteroatoms. The van der Waals surface area contributed by atoms with Crippen molar-refractivity contribution >= 4 is 5.91 Å². The van der Waals surface area contributed by atoms with E-state index in [1.807, 2.05) is 24.3 Å². The molecule has 1 aliphatic heterocycles. The number of nitrogens with zero attached hydrogens (tertiary/aromatic N) is 1. The number of nitrogens with one attached hydrogen (secondary N) is 1. The maximum atomic E-state index is 13.2. The van der Waals surface area contributed by atoms with E-state index in [1.165, 1.54) is 18.2 Å². The van der Waals surface area contributed by atoms with Crippen LogP contribution in [0, 0.1) is 0 Å². The SMILES string of the molecule is COc1cccc(CN2CCCC(NC(=O)c3ccccc3C(F)(F)F)C2)c1. The van der Waals surface area contributed by atoms with Crippen LogP contribution in [0.3, 0.4) is 0 Å². The predicted molar refractivity (Wildman–Crippen MR) is 100 cm³/mol. The van der Waals surface area contributed by atoms with Crippen molar-refractivity contribution in [2.75, 3.05) is 20.2 Å². The average molecular weight is 392 g/mol. The highest BCUT2D eigenvalue weighted by molar-refractivity contribution is 5.96. The van der Waals surface area contributed by atoms with Crippen LogP contribution < -0.4 is 10.1 Å². The molecule has 1 saturated heterocycles. The van der Waals surface area contributed by atoms with Gasteiger partial charge < -0.3 is 10.1 Å². The summed E-state index contributed by atoms with van der Waals surface area (Å²) < 4.78 is 44.7. The molecule has 2 aromatic carbocycles. The van der Waals surface area contributed by atoms with E-state index in [9.17, 15) is 18.0 Å². The molecular formula is C21H23F3N2O2. The van der Waals surface area contributed by atoms with E-state index in [0.29, 0.717) is 13.1 Å². The summed E-state index contributed by atoms with van der Waals surface area (Å²) in [5, 5.41) is 2.78. The van der Waals surface area contributed by atoms with E-state index < -0.39 is 17.6 Å². The number of hydrogen-bond donors (Lipinski definition) is 1. The second-order valence-electron chi connectivity index (χ2n) is 6.94. The molecule has 3 rings (SSSR count). The van der Waals surface area contributed by atoms with E-state index in [1.54, 1.807) is 7.11 Å². The number of alkyl halides is 3. The van der Waals surface area contributed by atoms with Crippen molar-refractivity contribution in [3.8, 4) is 5.75 Å². The normalized spacial score (nSPS) is 17.9.